The van der Waals surface area contributed by atoms with E-state index in [1.807, 2.05) is 24.3 Å². The lowest BCUT2D eigenvalue weighted by atomic mass is 10.1. The molecule has 0 saturated carbocycles. The van der Waals surface area contributed by atoms with Crippen molar-refractivity contribution < 1.29 is 14.8 Å². The Morgan fingerprint density at radius 2 is 1.82 bits per heavy atom. The molecular formula is C20H22N4O4. The van der Waals surface area contributed by atoms with Crippen LogP contribution in [-0.4, -0.2) is 28.2 Å². The maximum atomic E-state index is 11.3. The fourth-order valence-corrected chi connectivity index (χ4v) is 2.89. The van der Waals surface area contributed by atoms with E-state index in [4.69, 9.17) is 10.8 Å². The molecule has 0 aromatic heterocycles. The highest BCUT2D eigenvalue weighted by Crippen LogP contribution is 2.39. The van der Waals surface area contributed by atoms with Crippen LogP contribution >= 0.6 is 0 Å². The van der Waals surface area contributed by atoms with Gasteiger partial charge in [-0.3, -0.25) is 19.8 Å². The molecular weight excluding hydrogens is 360 g/mol. The number of para-hydroxylation sites is 2. The molecule has 0 amide bonds. The molecule has 2 aromatic rings. The van der Waals surface area contributed by atoms with Gasteiger partial charge in [-0.05, 0) is 29.7 Å². The van der Waals surface area contributed by atoms with Crippen LogP contribution in [0.2, 0.25) is 0 Å². The predicted molar refractivity (Wildman–Crippen MR) is 105 cm³/mol. The second-order valence-corrected chi connectivity index (χ2v) is 6.71. The van der Waals surface area contributed by atoms with Crippen molar-refractivity contribution in [3.8, 4) is 6.07 Å². The Labute approximate surface area is 163 Å². The van der Waals surface area contributed by atoms with Gasteiger partial charge in [-0.15, -0.1) is 0 Å². The molecule has 1 aliphatic heterocycles. The third kappa shape index (κ3) is 4.45. The first kappa shape index (κ1) is 20.9. The number of hydrogen-bond acceptors (Lipinski definition) is 6. The van der Waals surface area contributed by atoms with E-state index >= 15 is 0 Å². The molecule has 2 aromatic carbocycles. The molecule has 1 heterocycles. The first-order chi connectivity index (χ1) is 13.3. The van der Waals surface area contributed by atoms with Crippen LogP contribution in [0.3, 0.4) is 0 Å². The summed E-state index contributed by atoms with van der Waals surface area (Å²) < 4.78 is 0. The highest BCUT2D eigenvalue weighted by molar-refractivity contribution is 5.74. The van der Waals surface area contributed by atoms with Crippen LogP contribution in [0.15, 0.2) is 48.5 Å². The van der Waals surface area contributed by atoms with Gasteiger partial charge in [0, 0.05) is 4.92 Å². The second kappa shape index (κ2) is 8.97. The van der Waals surface area contributed by atoms with E-state index in [1.54, 1.807) is 43.0 Å². The molecule has 2 atom stereocenters. The van der Waals surface area contributed by atoms with Crippen molar-refractivity contribution in [2.75, 3.05) is 4.90 Å². The van der Waals surface area contributed by atoms with Crippen molar-refractivity contribution in [3.63, 3.8) is 0 Å². The highest BCUT2D eigenvalue weighted by Gasteiger charge is 2.39. The van der Waals surface area contributed by atoms with E-state index in [1.165, 1.54) is 0 Å². The minimum Gasteiger partial charge on any atom is -0.480 e. The Kier molecular flexibility index (Phi) is 6.69. The molecule has 0 radical (unpaired) electrons. The molecule has 8 nitrogen and oxygen atoms in total. The summed E-state index contributed by atoms with van der Waals surface area (Å²) in [5, 5.41) is 28.8. The summed E-state index contributed by atoms with van der Waals surface area (Å²) in [6.45, 7) is 3.55. The van der Waals surface area contributed by atoms with Crippen LogP contribution in [0.5, 0.6) is 0 Å². The van der Waals surface area contributed by atoms with Gasteiger partial charge in [0.1, 0.15) is 12.1 Å². The topological polar surface area (TPSA) is 133 Å². The summed E-state index contributed by atoms with van der Waals surface area (Å²) in [4.78, 5) is 22.7. The number of nitro groups is 1. The van der Waals surface area contributed by atoms with Gasteiger partial charge in [0.05, 0.1) is 23.4 Å². The van der Waals surface area contributed by atoms with Gasteiger partial charge in [-0.1, -0.05) is 44.2 Å². The molecule has 1 unspecified atom stereocenters. The number of carbonyl (C=O) groups is 1. The molecule has 146 valence electrons. The van der Waals surface area contributed by atoms with Gasteiger partial charge in [-0.2, -0.15) is 5.26 Å². The number of anilines is 2. The summed E-state index contributed by atoms with van der Waals surface area (Å²) in [7, 11) is 0. The van der Waals surface area contributed by atoms with E-state index < -0.39 is 18.2 Å². The number of nitrogens with two attached hydrogens (primary N) is 1. The van der Waals surface area contributed by atoms with E-state index in [0.29, 0.717) is 17.7 Å². The lowest BCUT2D eigenvalue weighted by Crippen LogP contribution is -2.35. The van der Waals surface area contributed by atoms with Crippen LogP contribution in [-0.2, 0) is 11.2 Å². The van der Waals surface area contributed by atoms with Crippen molar-refractivity contribution in [1.29, 1.82) is 5.26 Å². The lowest BCUT2D eigenvalue weighted by Gasteiger charge is -2.22. The number of benzene rings is 2. The fraction of sp³-hybridized carbons (Fsp3) is 0.300. The van der Waals surface area contributed by atoms with Gasteiger partial charge in [0.2, 0.25) is 0 Å². The van der Waals surface area contributed by atoms with Crippen LogP contribution in [0.4, 0.5) is 11.4 Å². The molecule has 0 fully saturated rings. The number of hydrogen-bond donors (Lipinski definition) is 2. The number of aliphatic carboxylic acids is 1. The van der Waals surface area contributed by atoms with Crippen LogP contribution < -0.4 is 10.6 Å². The molecule has 28 heavy (non-hydrogen) atoms. The Morgan fingerprint density at radius 3 is 2.32 bits per heavy atom. The number of rotatable bonds is 4. The number of carboxylic acids is 1. The third-order valence-electron chi connectivity index (χ3n) is 4.48. The zero-order valence-corrected chi connectivity index (χ0v) is 15.6. The van der Waals surface area contributed by atoms with Gasteiger partial charge in [0.25, 0.3) is 6.17 Å². The summed E-state index contributed by atoms with van der Waals surface area (Å²) in [5.74, 6) is -0.910. The maximum Gasteiger partial charge on any atom is 0.320 e. The number of nitrogens with zero attached hydrogens (tertiary/aromatic N) is 3. The summed E-state index contributed by atoms with van der Waals surface area (Å²) in [6.07, 6.45) is -0.509. The minimum atomic E-state index is -0.931. The quantitative estimate of drug-likeness (QED) is 0.613. The van der Waals surface area contributed by atoms with Crippen molar-refractivity contribution >= 4 is 17.3 Å². The van der Waals surface area contributed by atoms with Crippen molar-refractivity contribution in [3.05, 3.63) is 69.8 Å². The Balaban J connectivity index is 0.000000300. The average molecular weight is 382 g/mol. The molecule has 3 rings (SSSR count). The smallest absolute Gasteiger partial charge is 0.320 e. The van der Waals surface area contributed by atoms with E-state index in [0.717, 1.165) is 11.3 Å². The second-order valence-electron chi connectivity index (χ2n) is 6.71. The Bertz CT molecular complexity index is 907. The largest absolute Gasteiger partial charge is 0.480 e. The SMILES string of the molecule is CC(C)[C@H](N)C(=O)O.N#Cc1ccccc1N1c2ccccc2CC1[N+](=O)[O-]. The summed E-state index contributed by atoms with van der Waals surface area (Å²) in [6, 6.07) is 15.8. The molecule has 0 aliphatic carbocycles. The number of fused-ring (bicyclic) bond motifs is 1. The lowest BCUT2D eigenvalue weighted by molar-refractivity contribution is -0.518. The van der Waals surface area contributed by atoms with Crippen LogP contribution in [0.1, 0.15) is 25.0 Å². The van der Waals surface area contributed by atoms with Gasteiger partial charge in [0.15, 0.2) is 0 Å². The molecule has 3 N–H and O–H groups in total. The average Bonchev–Trinajstić information content (AvgIpc) is 3.07. The monoisotopic (exact) mass is 382 g/mol. The van der Waals surface area contributed by atoms with Crippen LogP contribution in [0, 0.1) is 27.4 Å². The van der Waals surface area contributed by atoms with E-state index in [9.17, 15) is 20.2 Å². The first-order valence-corrected chi connectivity index (χ1v) is 8.76. The van der Waals surface area contributed by atoms with Crippen molar-refractivity contribution in [1.82, 2.24) is 0 Å². The molecule has 0 saturated heterocycles. The fourth-order valence-electron chi connectivity index (χ4n) is 2.89. The summed E-state index contributed by atoms with van der Waals surface area (Å²) in [5.41, 5.74) is 7.92. The van der Waals surface area contributed by atoms with Crippen molar-refractivity contribution in [2.24, 2.45) is 11.7 Å². The van der Waals surface area contributed by atoms with E-state index in [-0.39, 0.29) is 10.8 Å². The number of nitriles is 1. The van der Waals surface area contributed by atoms with Gasteiger partial charge in [-0.25, -0.2) is 0 Å². The zero-order chi connectivity index (χ0) is 20.8. The third-order valence-corrected chi connectivity index (χ3v) is 4.48. The van der Waals surface area contributed by atoms with Gasteiger partial charge < -0.3 is 10.8 Å². The minimum absolute atomic E-state index is 0.0208. The number of carboxylic acid groups (broad SMARTS) is 1. The molecule has 8 heteroatoms. The molecule has 0 bridgehead atoms. The van der Waals surface area contributed by atoms with Crippen LogP contribution in [0.25, 0.3) is 0 Å². The molecule has 1 aliphatic rings. The van der Waals surface area contributed by atoms with Gasteiger partial charge >= 0.3 is 5.97 Å². The maximum absolute atomic E-state index is 11.3. The zero-order valence-electron chi connectivity index (χ0n) is 15.6. The highest BCUT2D eigenvalue weighted by atomic mass is 16.6. The van der Waals surface area contributed by atoms with Crippen molar-refractivity contribution in [2.45, 2.75) is 32.5 Å². The standard InChI is InChI=1S/C15H11N3O2.C5H11NO2/c16-10-12-6-2-4-8-14(12)17-13-7-3-1-5-11(13)9-15(17)18(19)20;1-3(2)4(6)5(7)8/h1-8,15H,9H2;3-4H,6H2,1-2H3,(H,7,8)/t;4-/m.0/s1. The summed E-state index contributed by atoms with van der Waals surface area (Å²) >= 11 is 0. The first-order valence-electron chi connectivity index (χ1n) is 8.76. The Hall–Kier alpha value is -3.44. The molecule has 0 spiro atoms. The normalized spacial score (nSPS) is 15.8. The van der Waals surface area contributed by atoms with E-state index in [2.05, 4.69) is 6.07 Å². The Morgan fingerprint density at radius 1 is 1.25 bits per heavy atom. The predicted octanol–water partition coefficient (Wildman–Crippen LogP) is 2.91.